The number of hydrogen-bond donors (Lipinski definition) is 0. The number of halogens is 1. The van der Waals surface area contributed by atoms with Crippen molar-refractivity contribution in [2.45, 2.75) is 43.2 Å². The van der Waals surface area contributed by atoms with Gasteiger partial charge in [0.15, 0.2) is 0 Å². The van der Waals surface area contributed by atoms with Crippen LogP contribution in [0.5, 0.6) is 0 Å². The lowest BCUT2D eigenvalue weighted by Gasteiger charge is -2.33. The molecule has 0 heterocycles. The van der Waals surface area contributed by atoms with Crippen LogP contribution in [0.25, 0.3) is 0 Å². The molecule has 0 bridgehead atoms. The first-order valence-corrected chi connectivity index (χ1v) is 5.40. The quantitative estimate of drug-likeness (QED) is 0.555. The summed E-state index contributed by atoms with van der Waals surface area (Å²) in [5.74, 6) is -0.238. The summed E-state index contributed by atoms with van der Waals surface area (Å²) in [6, 6.07) is 0. The number of rotatable bonds is 2. The third-order valence-electron chi connectivity index (χ3n) is 2.30. The van der Waals surface area contributed by atoms with Crippen LogP contribution in [0, 0.1) is 0 Å². The Bertz CT molecular complexity index is 184. The van der Waals surface area contributed by atoms with Crippen LogP contribution < -0.4 is 0 Å². The lowest BCUT2D eigenvalue weighted by atomic mass is 9.94. The summed E-state index contributed by atoms with van der Waals surface area (Å²) >= 11 is 3.51. The molecule has 3 atom stereocenters. The van der Waals surface area contributed by atoms with Gasteiger partial charge in [0.1, 0.15) is 6.10 Å². The fraction of sp³-hybridized carbons (Fsp3) is 0.889. The second kappa shape index (κ2) is 4.96. The van der Waals surface area contributed by atoms with Crippen molar-refractivity contribution in [3.8, 4) is 0 Å². The average Bonchev–Trinajstić information content (AvgIpc) is 2.08. The minimum atomic E-state index is -0.238. The molecule has 3 nitrogen and oxygen atoms in total. The molecule has 13 heavy (non-hydrogen) atoms. The third kappa shape index (κ3) is 2.95. The first-order valence-electron chi connectivity index (χ1n) is 4.49. The summed E-state index contributed by atoms with van der Waals surface area (Å²) in [4.78, 5) is 11.1. The lowest BCUT2D eigenvalue weighted by molar-refractivity contribution is -0.155. The molecule has 0 spiro atoms. The van der Waals surface area contributed by atoms with Gasteiger partial charge in [0, 0.05) is 14.0 Å². The van der Waals surface area contributed by atoms with Crippen LogP contribution in [0.3, 0.4) is 0 Å². The zero-order chi connectivity index (χ0) is 9.84. The van der Waals surface area contributed by atoms with Gasteiger partial charge in [-0.15, -0.1) is 0 Å². The van der Waals surface area contributed by atoms with Crippen molar-refractivity contribution in [1.29, 1.82) is 0 Å². The zero-order valence-electron chi connectivity index (χ0n) is 7.96. The van der Waals surface area contributed by atoms with Gasteiger partial charge >= 0.3 is 5.97 Å². The van der Waals surface area contributed by atoms with E-state index in [0.717, 1.165) is 19.3 Å². The Morgan fingerprint density at radius 1 is 1.46 bits per heavy atom. The summed E-state index contributed by atoms with van der Waals surface area (Å²) in [5.41, 5.74) is 0. The second-order valence-corrected chi connectivity index (χ2v) is 4.47. The maximum absolute atomic E-state index is 10.8. The van der Waals surface area contributed by atoms with Gasteiger partial charge in [-0.1, -0.05) is 15.9 Å². The van der Waals surface area contributed by atoms with Gasteiger partial charge in [-0.2, -0.15) is 0 Å². The van der Waals surface area contributed by atoms with Crippen molar-refractivity contribution in [2.75, 3.05) is 7.11 Å². The number of methoxy groups -OCH3 is 1. The molecule has 0 N–H and O–H groups in total. The molecule has 76 valence electrons. The fourth-order valence-corrected chi connectivity index (χ4v) is 2.44. The van der Waals surface area contributed by atoms with Gasteiger partial charge in [-0.25, -0.2) is 0 Å². The number of alkyl halides is 1. The van der Waals surface area contributed by atoms with Gasteiger partial charge < -0.3 is 9.47 Å². The van der Waals surface area contributed by atoms with Crippen LogP contribution in [0.2, 0.25) is 0 Å². The van der Waals surface area contributed by atoms with Gasteiger partial charge in [0.2, 0.25) is 0 Å². The summed E-state index contributed by atoms with van der Waals surface area (Å²) in [6.45, 7) is 1.43. The Hall–Kier alpha value is -0.0900. The standard InChI is InChI=1S/C9H15BrO3/c1-6(11)13-9-7(10)4-3-5-8(9)12-2/h7-9H,3-5H2,1-2H3/t7-,8-,9+/m0/s1. The number of esters is 1. The topological polar surface area (TPSA) is 35.5 Å². The van der Waals surface area contributed by atoms with E-state index in [1.54, 1.807) is 7.11 Å². The maximum Gasteiger partial charge on any atom is 0.303 e. The van der Waals surface area contributed by atoms with E-state index in [-0.39, 0.29) is 23.0 Å². The monoisotopic (exact) mass is 250 g/mol. The van der Waals surface area contributed by atoms with Crippen molar-refractivity contribution in [2.24, 2.45) is 0 Å². The predicted octanol–water partition coefficient (Wildman–Crippen LogP) is 1.88. The summed E-state index contributed by atoms with van der Waals surface area (Å²) < 4.78 is 10.5. The normalized spacial score (nSPS) is 34.2. The Kier molecular flexibility index (Phi) is 4.19. The molecule has 1 fully saturated rings. The second-order valence-electron chi connectivity index (χ2n) is 3.30. The molecule has 0 amide bonds. The molecule has 0 aromatic carbocycles. The highest BCUT2D eigenvalue weighted by atomic mass is 79.9. The van der Waals surface area contributed by atoms with Crippen molar-refractivity contribution >= 4 is 21.9 Å². The van der Waals surface area contributed by atoms with E-state index < -0.39 is 0 Å². The molecule has 1 aliphatic carbocycles. The van der Waals surface area contributed by atoms with Crippen molar-refractivity contribution in [3.05, 3.63) is 0 Å². The Labute approximate surface area is 86.9 Å². The van der Waals surface area contributed by atoms with Crippen molar-refractivity contribution in [3.63, 3.8) is 0 Å². The van der Waals surface area contributed by atoms with Crippen LogP contribution in [0.15, 0.2) is 0 Å². The molecule has 1 rings (SSSR count). The summed E-state index contributed by atoms with van der Waals surface area (Å²) in [7, 11) is 1.66. The van der Waals surface area contributed by atoms with Crippen molar-refractivity contribution in [1.82, 2.24) is 0 Å². The van der Waals surface area contributed by atoms with E-state index in [2.05, 4.69) is 15.9 Å². The van der Waals surface area contributed by atoms with E-state index in [9.17, 15) is 4.79 Å². The minimum Gasteiger partial charge on any atom is -0.459 e. The zero-order valence-corrected chi connectivity index (χ0v) is 9.54. The Morgan fingerprint density at radius 3 is 2.69 bits per heavy atom. The maximum atomic E-state index is 10.8. The van der Waals surface area contributed by atoms with Crippen LogP contribution in [-0.4, -0.2) is 30.1 Å². The molecule has 0 aliphatic heterocycles. The van der Waals surface area contributed by atoms with Gasteiger partial charge in [-0.3, -0.25) is 4.79 Å². The van der Waals surface area contributed by atoms with Gasteiger partial charge in [-0.05, 0) is 19.3 Å². The average molecular weight is 251 g/mol. The van der Waals surface area contributed by atoms with Crippen molar-refractivity contribution < 1.29 is 14.3 Å². The first-order chi connectivity index (χ1) is 6.15. The molecule has 0 unspecified atom stereocenters. The smallest absolute Gasteiger partial charge is 0.303 e. The van der Waals surface area contributed by atoms with E-state index in [1.165, 1.54) is 6.92 Å². The van der Waals surface area contributed by atoms with E-state index in [4.69, 9.17) is 9.47 Å². The largest absolute Gasteiger partial charge is 0.459 e. The molecule has 0 saturated heterocycles. The molecule has 0 aromatic heterocycles. The minimum absolute atomic E-state index is 0.0435. The Balaban J connectivity index is 2.56. The van der Waals surface area contributed by atoms with Crippen LogP contribution in [0.4, 0.5) is 0 Å². The van der Waals surface area contributed by atoms with Gasteiger partial charge in [0.05, 0.1) is 10.9 Å². The number of hydrogen-bond acceptors (Lipinski definition) is 3. The van der Waals surface area contributed by atoms with E-state index >= 15 is 0 Å². The van der Waals surface area contributed by atoms with E-state index in [0.29, 0.717) is 0 Å². The Morgan fingerprint density at radius 2 is 2.15 bits per heavy atom. The molecule has 0 radical (unpaired) electrons. The molecule has 1 saturated carbocycles. The SMILES string of the molecule is CO[C@H]1CCC[C@H](Br)[C@H]1OC(C)=O. The van der Waals surface area contributed by atoms with Crippen LogP contribution in [0.1, 0.15) is 26.2 Å². The lowest BCUT2D eigenvalue weighted by Crippen LogP contribution is -2.42. The van der Waals surface area contributed by atoms with Crippen LogP contribution in [-0.2, 0) is 14.3 Å². The highest BCUT2D eigenvalue weighted by Gasteiger charge is 2.34. The number of carbonyl (C=O) groups excluding carboxylic acids is 1. The first kappa shape index (κ1) is 11.0. The molecular weight excluding hydrogens is 236 g/mol. The number of ether oxygens (including phenoxy) is 2. The van der Waals surface area contributed by atoms with E-state index in [1.807, 2.05) is 0 Å². The van der Waals surface area contributed by atoms with Crippen LogP contribution >= 0.6 is 15.9 Å². The fourth-order valence-electron chi connectivity index (χ4n) is 1.67. The van der Waals surface area contributed by atoms with Gasteiger partial charge in [0.25, 0.3) is 0 Å². The third-order valence-corrected chi connectivity index (χ3v) is 3.28. The molecule has 0 aromatic rings. The highest BCUT2D eigenvalue weighted by Crippen LogP contribution is 2.28. The highest BCUT2D eigenvalue weighted by molar-refractivity contribution is 9.09. The summed E-state index contributed by atoms with van der Waals surface area (Å²) in [6.07, 6.45) is 3.04. The molecular formula is C9H15BrO3. The number of carbonyl (C=O) groups is 1. The summed E-state index contributed by atoms with van der Waals surface area (Å²) in [5, 5.41) is 0. The molecule has 4 heteroatoms. The predicted molar refractivity (Wildman–Crippen MR) is 52.9 cm³/mol. The molecule has 1 aliphatic rings.